The molecule has 4 rings (SSSR count). The van der Waals surface area contributed by atoms with Gasteiger partial charge in [0, 0.05) is 18.7 Å². The lowest BCUT2D eigenvalue weighted by molar-refractivity contribution is 0.0950. The summed E-state index contributed by atoms with van der Waals surface area (Å²) in [6.07, 6.45) is 8.73. The van der Waals surface area contributed by atoms with Crippen molar-refractivity contribution < 1.29 is 4.79 Å². The highest BCUT2D eigenvalue weighted by atomic mass is 16.1. The van der Waals surface area contributed by atoms with Gasteiger partial charge in [-0.1, -0.05) is 36.8 Å². The molecule has 1 heterocycles. The van der Waals surface area contributed by atoms with Crippen molar-refractivity contribution in [3.63, 3.8) is 0 Å². The Balaban J connectivity index is 1.40. The van der Waals surface area contributed by atoms with Gasteiger partial charge in [-0.25, -0.2) is 0 Å². The molecule has 2 aromatic rings. The second-order valence-corrected chi connectivity index (χ2v) is 7.98. The third-order valence-electron chi connectivity index (χ3n) is 6.01. The molecule has 0 bridgehead atoms. The summed E-state index contributed by atoms with van der Waals surface area (Å²) in [6.45, 7) is 3.97. The Morgan fingerprint density at radius 3 is 2.41 bits per heavy atom. The maximum absolute atomic E-state index is 12.7. The van der Waals surface area contributed by atoms with Crippen LogP contribution in [0.4, 0.5) is 0 Å². The molecule has 1 fully saturated rings. The average molecular weight is 363 g/mol. The van der Waals surface area contributed by atoms with Gasteiger partial charge in [-0.05, 0) is 86.0 Å². The Kier molecular flexibility index (Phi) is 5.88. The largest absolute Gasteiger partial charge is 0.348 e. The molecule has 0 saturated carbocycles. The van der Waals surface area contributed by atoms with Crippen LogP contribution >= 0.6 is 0 Å². The second kappa shape index (κ2) is 8.71. The third-order valence-corrected chi connectivity index (χ3v) is 6.01. The van der Waals surface area contributed by atoms with Crippen molar-refractivity contribution in [3.8, 4) is 0 Å². The molecule has 142 valence electrons. The molecule has 1 saturated heterocycles. The predicted molar refractivity (Wildman–Crippen MR) is 110 cm³/mol. The zero-order chi connectivity index (χ0) is 18.5. The van der Waals surface area contributed by atoms with Crippen LogP contribution < -0.4 is 5.32 Å². The highest BCUT2D eigenvalue weighted by Crippen LogP contribution is 2.22. The summed E-state index contributed by atoms with van der Waals surface area (Å²) < 4.78 is 0. The van der Waals surface area contributed by atoms with Gasteiger partial charge in [-0.15, -0.1) is 0 Å². The fraction of sp³-hybridized carbons (Fsp3) is 0.458. The fourth-order valence-electron chi connectivity index (χ4n) is 4.39. The van der Waals surface area contributed by atoms with Gasteiger partial charge in [0.15, 0.2) is 0 Å². The van der Waals surface area contributed by atoms with Gasteiger partial charge in [-0.2, -0.15) is 0 Å². The molecule has 0 radical (unpaired) electrons. The van der Waals surface area contributed by atoms with E-state index in [-0.39, 0.29) is 5.91 Å². The van der Waals surface area contributed by atoms with E-state index < -0.39 is 0 Å². The molecule has 1 aliphatic carbocycles. The minimum absolute atomic E-state index is 0.0381. The molecular formula is C24H30N2O. The minimum Gasteiger partial charge on any atom is -0.348 e. The predicted octanol–water partition coefficient (Wildman–Crippen LogP) is 4.48. The SMILES string of the molecule is O=C(NCc1ccccc1CN1CCCCC1)c1ccc2c(c1)CCCC2. The molecule has 2 aliphatic rings. The Hall–Kier alpha value is -2.13. The number of fused-ring (bicyclic) bond motifs is 1. The van der Waals surface area contributed by atoms with Gasteiger partial charge in [0.1, 0.15) is 0 Å². The minimum atomic E-state index is 0.0381. The van der Waals surface area contributed by atoms with E-state index in [0.29, 0.717) is 6.54 Å². The van der Waals surface area contributed by atoms with Crippen LogP contribution in [0.5, 0.6) is 0 Å². The van der Waals surface area contributed by atoms with Crippen molar-refractivity contribution in [2.24, 2.45) is 0 Å². The zero-order valence-electron chi connectivity index (χ0n) is 16.2. The number of amides is 1. The molecule has 27 heavy (non-hydrogen) atoms. The number of hydrogen-bond donors (Lipinski definition) is 1. The first-order chi connectivity index (χ1) is 13.3. The Morgan fingerprint density at radius 2 is 1.59 bits per heavy atom. The summed E-state index contributed by atoms with van der Waals surface area (Å²) in [5.74, 6) is 0.0381. The first-order valence-corrected chi connectivity index (χ1v) is 10.5. The van der Waals surface area contributed by atoms with E-state index in [0.717, 1.165) is 24.9 Å². The van der Waals surface area contributed by atoms with E-state index in [1.807, 2.05) is 6.07 Å². The van der Waals surface area contributed by atoms with Gasteiger partial charge in [0.25, 0.3) is 5.91 Å². The molecule has 0 aromatic heterocycles. The summed E-state index contributed by atoms with van der Waals surface area (Å²) in [5.41, 5.74) is 6.15. The first-order valence-electron chi connectivity index (χ1n) is 10.5. The fourth-order valence-corrected chi connectivity index (χ4v) is 4.39. The highest BCUT2D eigenvalue weighted by Gasteiger charge is 2.15. The third kappa shape index (κ3) is 4.59. The van der Waals surface area contributed by atoms with Crippen molar-refractivity contribution in [3.05, 3.63) is 70.3 Å². The number of hydrogen-bond acceptors (Lipinski definition) is 2. The summed E-state index contributed by atoms with van der Waals surface area (Å²) in [5, 5.41) is 3.14. The lowest BCUT2D eigenvalue weighted by Crippen LogP contribution is -2.30. The van der Waals surface area contributed by atoms with Crippen LogP contribution in [-0.4, -0.2) is 23.9 Å². The van der Waals surface area contributed by atoms with Crippen molar-refractivity contribution >= 4 is 5.91 Å². The van der Waals surface area contributed by atoms with E-state index in [9.17, 15) is 4.79 Å². The monoisotopic (exact) mass is 362 g/mol. The quantitative estimate of drug-likeness (QED) is 0.850. The van der Waals surface area contributed by atoms with E-state index in [4.69, 9.17) is 0 Å². The number of piperidine rings is 1. The van der Waals surface area contributed by atoms with Crippen LogP contribution in [0.2, 0.25) is 0 Å². The van der Waals surface area contributed by atoms with Crippen molar-refractivity contribution in [2.45, 2.75) is 58.0 Å². The van der Waals surface area contributed by atoms with E-state index in [2.05, 4.69) is 46.6 Å². The average Bonchev–Trinajstić information content (AvgIpc) is 2.73. The molecule has 3 nitrogen and oxygen atoms in total. The van der Waals surface area contributed by atoms with E-state index in [1.54, 1.807) is 0 Å². The maximum Gasteiger partial charge on any atom is 0.251 e. The number of benzene rings is 2. The number of likely N-dealkylation sites (tertiary alicyclic amines) is 1. The number of nitrogens with zero attached hydrogens (tertiary/aromatic N) is 1. The summed E-state index contributed by atoms with van der Waals surface area (Å²) in [7, 11) is 0. The standard InChI is InChI=1S/C24H30N2O/c27-24(21-13-12-19-8-2-3-9-20(19)16-21)25-17-22-10-4-5-11-23(22)18-26-14-6-1-7-15-26/h4-5,10-13,16H,1-3,6-9,14-15,17-18H2,(H,25,27). The number of aryl methyl sites for hydroxylation is 2. The van der Waals surface area contributed by atoms with Crippen LogP contribution in [0.15, 0.2) is 42.5 Å². The number of carbonyl (C=O) groups is 1. The van der Waals surface area contributed by atoms with Gasteiger partial charge in [-0.3, -0.25) is 9.69 Å². The Morgan fingerprint density at radius 1 is 0.852 bits per heavy atom. The molecular weight excluding hydrogens is 332 g/mol. The van der Waals surface area contributed by atoms with Crippen LogP contribution in [0.3, 0.4) is 0 Å². The zero-order valence-corrected chi connectivity index (χ0v) is 16.2. The summed E-state index contributed by atoms with van der Waals surface area (Å²) in [6, 6.07) is 14.8. The summed E-state index contributed by atoms with van der Waals surface area (Å²) in [4.78, 5) is 15.2. The van der Waals surface area contributed by atoms with Crippen LogP contribution in [0.25, 0.3) is 0 Å². The molecule has 1 N–H and O–H groups in total. The molecule has 0 atom stereocenters. The normalized spacial score (nSPS) is 17.3. The van der Waals surface area contributed by atoms with Crippen LogP contribution in [0.1, 0.15) is 64.7 Å². The molecule has 1 aliphatic heterocycles. The first kappa shape index (κ1) is 18.2. The van der Waals surface area contributed by atoms with E-state index >= 15 is 0 Å². The lowest BCUT2D eigenvalue weighted by Gasteiger charge is -2.27. The number of nitrogens with one attached hydrogen (secondary N) is 1. The molecule has 3 heteroatoms. The molecule has 0 spiro atoms. The topological polar surface area (TPSA) is 32.3 Å². The van der Waals surface area contributed by atoms with Gasteiger partial charge in [0.2, 0.25) is 0 Å². The van der Waals surface area contributed by atoms with Gasteiger partial charge >= 0.3 is 0 Å². The molecule has 2 aromatic carbocycles. The van der Waals surface area contributed by atoms with E-state index in [1.165, 1.54) is 67.4 Å². The van der Waals surface area contributed by atoms with Crippen molar-refractivity contribution in [1.29, 1.82) is 0 Å². The lowest BCUT2D eigenvalue weighted by atomic mass is 9.90. The second-order valence-electron chi connectivity index (χ2n) is 7.98. The maximum atomic E-state index is 12.7. The summed E-state index contributed by atoms with van der Waals surface area (Å²) >= 11 is 0. The van der Waals surface area contributed by atoms with Gasteiger partial charge < -0.3 is 5.32 Å². The van der Waals surface area contributed by atoms with Gasteiger partial charge in [0.05, 0.1) is 0 Å². The highest BCUT2D eigenvalue weighted by molar-refractivity contribution is 5.94. The Bertz CT molecular complexity index is 793. The van der Waals surface area contributed by atoms with Crippen LogP contribution in [-0.2, 0) is 25.9 Å². The number of carbonyl (C=O) groups excluding carboxylic acids is 1. The smallest absolute Gasteiger partial charge is 0.251 e. The number of rotatable bonds is 5. The molecule has 0 unspecified atom stereocenters. The van der Waals surface area contributed by atoms with Crippen molar-refractivity contribution in [1.82, 2.24) is 10.2 Å². The Labute approximate surface area is 162 Å². The van der Waals surface area contributed by atoms with Crippen molar-refractivity contribution in [2.75, 3.05) is 13.1 Å². The molecule has 1 amide bonds. The van der Waals surface area contributed by atoms with Crippen LogP contribution in [0, 0.1) is 0 Å².